The molecule has 192 valence electrons. The number of ether oxygens (including phenoxy) is 1. The number of carbonyl (C=O) groups is 3. The van der Waals surface area contributed by atoms with E-state index in [1.807, 2.05) is 0 Å². The average molecular weight is 519 g/mol. The number of alkyl halides is 3. The third kappa shape index (κ3) is 3.43. The van der Waals surface area contributed by atoms with Crippen LogP contribution < -0.4 is 9.64 Å². The van der Waals surface area contributed by atoms with Crippen molar-refractivity contribution in [3.8, 4) is 5.75 Å². The minimum Gasteiger partial charge on any atom is -0.497 e. The third-order valence-corrected chi connectivity index (χ3v) is 7.39. The number of amides is 2. The maximum absolute atomic E-state index is 13.9. The van der Waals surface area contributed by atoms with Crippen molar-refractivity contribution >= 4 is 29.5 Å². The van der Waals surface area contributed by atoms with Crippen LogP contribution in [0.25, 0.3) is 0 Å². The van der Waals surface area contributed by atoms with Crippen LogP contribution in [0.4, 0.5) is 18.9 Å². The highest BCUT2D eigenvalue weighted by Crippen LogP contribution is 2.54. The number of rotatable bonds is 4. The van der Waals surface area contributed by atoms with Crippen molar-refractivity contribution in [3.63, 3.8) is 0 Å². The van der Waals surface area contributed by atoms with E-state index in [1.54, 1.807) is 54.7 Å². The molecule has 3 aliphatic rings. The van der Waals surface area contributed by atoms with E-state index in [-0.39, 0.29) is 5.56 Å². The lowest BCUT2D eigenvalue weighted by Gasteiger charge is -2.34. The number of fused-ring (bicyclic) bond motifs is 5. The van der Waals surface area contributed by atoms with Gasteiger partial charge in [-0.2, -0.15) is 18.3 Å². The van der Waals surface area contributed by atoms with Gasteiger partial charge in [0, 0.05) is 5.56 Å². The van der Waals surface area contributed by atoms with E-state index in [0.717, 1.165) is 12.1 Å². The molecule has 6 rings (SSSR count). The van der Waals surface area contributed by atoms with Gasteiger partial charge in [-0.05, 0) is 47.5 Å². The van der Waals surface area contributed by atoms with E-state index < -0.39 is 58.9 Å². The average Bonchev–Trinajstić information content (AvgIpc) is 3.40. The molecule has 3 heterocycles. The molecule has 3 aromatic carbocycles. The van der Waals surface area contributed by atoms with Crippen molar-refractivity contribution in [3.05, 3.63) is 95.1 Å². The van der Waals surface area contributed by atoms with E-state index in [9.17, 15) is 27.6 Å². The molecule has 7 nitrogen and oxygen atoms in total. The summed E-state index contributed by atoms with van der Waals surface area (Å²) in [6.45, 7) is 0. The predicted molar refractivity (Wildman–Crippen MR) is 131 cm³/mol. The van der Waals surface area contributed by atoms with Gasteiger partial charge in [0.15, 0.2) is 5.78 Å². The van der Waals surface area contributed by atoms with E-state index in [4.69, 9.17) is 4.74 Å². The molecule has 3 aromatic rings. The number of methoxy groups -OCH3 is 1. The molecule has 4 atom stereocenters. The summed E-state index contributed by atoms with van der Waals surface area (Å²) in [7, 11) is 1.49. The molecule has 2 saturated heterocycles. The predicted octanol–water partition coefficient (Wildman–Crippen LogP) is 4.48. The first-order valence-electron chi connectivity index (χ1n) is 11.9. The monoisotopic (exact) mass is 519 g/mol. The lowest BCUT2D eigenvalue weighted by Crippen LogP contribution is -2.45. The summed E-state index contributed by atoms with van der Waals surface area (Å²) in [6, 6.07) is 15.9. The van der Waals surface area contributed by atoms with Gasteiger partial charge in [0.25, 0.3) is 0 Å². The minimum atomic E-state index is -4.79. The molecule has 0 spiro atoms. The quantitative estimate of drug-likeness (QED) is 0.375. The molecule has 2 amide bonds. The Morgan fingerprint density at radius 3 is 2.26 bits per heavy atom. The summed E-state index contributed by atoms with van der Waals surface area (Å²) in [5.74, 6) is -3.92. The number of anilines is 1. The highest BCUT2D eigenvalue weighted by atomic mass is 19.4. The number of ketones is 1. The van der Waals surface area contributed by atoms with Crippen LogP contribution in [-0.4, -0.2) is 42.0 Å². The zero-order valence-electron chi connectivity index (χ0n) is 19.9. The fraction of sp³-hybridized carbons (Fsp3) is 0.214. The van der Waals surface area contributed by atoms with Crippen LogP contribution in [0.5, 0.6) is 5.75 Å². The number of hydrogen-bond donors (Lipinski definition) is 0. The molecule has 0 saturated carbocycles. The summed E-state index contributed by atoms with van der Waals surface area (Å²) in [4.78, 5) is 42.2. The number of hydrazone groups is 1. The summed E-state index contributed by atoms with van der Waals surface area (Å²) in [5, 5.41) is 5.93. The van der Waals surface area contributed by atoms with Gasteiger partial charge in [-0.3, -0.25) is 19.4 Å². The molecule has 0 radical (unpaired) electrons. The van der Waals surface area contributed by atoms with E-state index in [0.29, 0.717) is 21.8 Å². The zero-order valence-corrected chi connectivity index (χ0v) is 19.9. The Kier molecular flexibility index (Phi) is 5.37. The Morgan fingerprint density at radius 1 is 0.895 bits per heavy atom. The molecule has 3 aliphatic heterocycles. The first-order chi connectivity index (χ1) is 18.2. The summed E-state index contributed by atoms with van der Waals surface area (Å²) >= 11 is 0. The van der Waals surface area contributed by atoms with Crippen LogP contribution in [0.3, 0.4) is 0 Å². The molecule has 4 unspecified atom stereocenters. The van der Waals surface area contributed by atoms with Crippen LogP contribution >= 0.6 is 0 Å². The number of para-hydroxylation sites is 1. The van der Waals surface area contributed by atoms with Gasteiger partial charge in [0.05, 0.1) is 42.5 Å². The highest BCUT2D eigenvalue weighted by Gasteiger charge is 2.65. The number of benzene rings is 3. The second-order valence-corrected chi connectivity index (χ2v) is 9.31. The smallest absolute Gasteiger partial charge is 0.418 e. The molecule has 2 fully saturated rings. The first kappa shape index (κ1) is 23.9. The van der Waals surface area contributed by atoms with Crippen LogP contribution in [0.2, 0.25) is 0 Å². The van der Waals surface area contributed by atoms with Gasteiger partial charge >= 0.3 is 6.18 Å². The Balaban J connectivity index is 1.50. The van der Waals surface area contributed by atoms with Gasteiger partial charge in [0.2, 0.25) is 11.8 Å². The Labute approximate surface area is 215 Å². The standard InChI is InChI=1S/C28H20F3N3O4/c1-38-17-12-10-15(11-13-17)25(35)24-22-21(23-18-7-3-2-6-16(18)14-32-34(23)24)26(36)33(27(22)37)20-9-5-4-8-19(20)28(29,30)31/h2-14,21-24H,1H3. The van der Waals surface area contributed by atoms with Gasteiger partial charge < -0.3 is 4.74 Å². The Hall–Kier alpha value is -4.47. The molecule has 38 heavy (non-hydrogen) atoms. The fourth-order valence-corrected chi connectivity index (χ4v) is 5.74. The van der Waals surface area contributed by atoms with Crippen LogP contribution in [-0.2, 0) is 15.8 Å². The summed E-state index contributed by atoms with van der Waals surface area (Å²) in [5.41, 5.74) is 0.00513. The number of Topliss-reactive ketones (excluding diaryl/α,β-unsaturated/α-hetero) is 1. The summed E-state index contributed by atoms with van der Waals surface area (Å²) < 4.78 is 46.7. The Morgan fingerprint density at radius 2 is 1.55 bits per heavy atom. The van der Waals surface area contributed by atoms with Crippen molar-refractivity contribution in [1.29, 1.82) is 0 Å². The van der Waals surface area contributed by atoms with Gasteiger partial charge in [-0.25, -0.2) is 4.90 Å². The van der Waals surface area contributed by atoms with Crippen molar-refractivity contribution in [2.24, 2.45) is 16.9 Å². The van der Waals surface area contributed by atoms with Crippen molar-refractivity contribution in [2.75, 3.05) is 12.0 Å². The number of imide groups is 1. The molecule has 10 heteroatoms. The third-order valence-electron chi connectivity index (χ3n) is 7.39. The minimum absolute atomic E-state index is 0.263. The lowest BCUT2D eigenvalue weighted by atomic mass is 9.83. The molecule has 0 aliphatic carbocycles. The number of carbonyl (C=O) groups excluding carboxylic acids is 3. The second kappa shape index (κ2) is 8.54. The second-order valence-electron chi connectivity index (χ2n) is 9.31. The maximum atomic E-state index is 13.9. The van der Waals surface area contributed by atoms with Crippen LogP contribution in [0, 0.1) is 11.8 Å². The molecule has 0 bridgehead atoms. The van der Waals surface area contributed by atoms with Gasteiger partial charge in [-0.1, -0.05) is 36.4 Å². The first-order valence-corrected chi connectivity index (χ1v) is 11.9. The van der Waals surface area contributed by atoms with Crippen LogP contribution in [0.15, 0.2) is 77.9 Å². The Bertz CT molecular complexity index is 1500. The SMILES string of the molecule is COc1ccc(C(=O)C2C3C(=O)N(c4ccccc4C(F)(F)F)C(=O)C3C3c4ccccc4C=NN23)cc1. The maximum Gasteiger partial charge on any atom is 0.418 e. The van der Waals surface area contributed by atoms with Gasteiger partial charge in [0.1, 0.15) is 11.8 Å². The fourth-order valence-electron chi connectivity index (χ4n) is 5.74. The summed E-state index contributed by atoms with van der Waals surface area (Å²) in [6.07, 6.45) is -3.23. The number of halogens is 3. The van der Waals surface area contributed by atoms with Crippen LogP contribution in [0.1, 0.15) is 33.1 Å². The zero-order chi connectivity index (χ0) is 26.8. The lowest BCUT2D eigenvalue weighted by molar-refractivity contribution is -0.137. The van der Waals surface area contributed by atoms with Crippen molar-refractivity contribution in [2.45, 2.75) is 18.3 Å². The highest BCUT2D eigenvalue weighted by molar-refractivity contribution is 6.25. The molecular formula is C28H20F3N3O4. The van der Waals surface area contributed by atoms with E-state index in [1.165, 1.54) is 24.3 Å². The van der Waals surface area contributed by atoms with Crippen molar-refractivity contribution < 1.29 is 32.3 Å². The molecule has 0 aromatic heterocycles. The van der Waals surface area contributed by atoms with E-state index >= 15 is 0 Å². The molecular weight excluding hydrogens is 499 g/mol. The largest absolute Gasteiger partial charge is 0.497 e. The topological polar surface area (TPSA) is 79.3 Å². The van der Waals surface area contributed by atoms with Gasteiger partial charge in [-0.15, -0.1) is 0 Å². The van der Waals surface area contributed by atoms with E-state index in [2.05, 4.69) is 5.10 Å². The number of hydrogen-bond acceptors (Lipinski definition) is 6. The van der Waals surface area contributed by atoms with Crippen molar-refractivity contribution in [1.82, 2.24) is 5.01 Å². The normalized spacial score (nSPS) is 23.8. The molecule has 0 N–H and O–H groups in total. The number of nitrogens with zero attached hydrogens (tertiary/aromatic N) is 3.